The molecule has 0 fully saturated rings. The van der Waals surface area contributed by atoms with Crippen LogP contribution < -0.4 is 11.1 Å². The molecule has 0 aliphatic carbocycles. The van der Waals surface area contributed by atoms with Crippen LogP contribution in [0.3, 0.4) is 0 Å². The summed E-state index contributed by atoms with van der Waals surface area (Å²) in [4.78, 5) is 31.9. The number of H-pyrrole nitrogens is 1. The van der Waals surface area contributed by atoms with E-state index in [1.165, 1.54) is 12.3 Å². The van der Waals surface area contributed by atoms with Crippen LogP contribution in [0.25, 0.3) is 22.0 Å². The Hall–Kier alpha value is -4.00. The normalized spacial score (nSPS) is 11.0. The number of carbonyl (C=O) groups excluding carboxylic acids is 2. The highest BCUT2D eigenvalue weighted by Crippen LogP contribution is 2.28. The van der Waals surface area contributed by atoms with Crippen LogP contribution in [0.15, 0.2) is 48.7 Å². The number of fused-ring (bicyclic) bond motifs is 1. The molecule has 4 aromatic rings. The third-order valence-corrected chi connectivity index (χ3v) is 5.83. The minimum Gasteiger partial charge on any atom is -0.366 e. The summed E-state index contributed by atoms with van der Waals surface area (Å²) in [6.45, 7) is 6.09. The quantitative estimate of drug-likeness (QED) is 0.412. The SMILES string of the molecule is Cc1ccc(-c2ccnc(C(=O)NCCc3c(C)[nH]c4c(F)ccc(C)c34)c2)c(C(N)=O)c1. The van der Waals surface area contributed by atoms with E-state index in [2.05, 4.69) is 15.3 Å². The number of aromatic nitrogens is 2. The number of pyridine rings is 1. The number of amides is 2. The second-order valence-electron chi connectivity index (χ2n) is 8.19. The number of hydrogen-bond donors (Lipinski definition) is 3. The Bertz CT molecular complexity index is 1390. The number of rotatable bonds is 6. The first-order valence-corrected chi connectivity index (χ1v) is 10.7. The molecule has 2 amide bonds. The van der Waals surface area contributed by atoms with Crippen molar-refractivity contribution in [3.8, 4) is 11.1 Å². The number of hydrogen-bond acceptors (Lipinski definition) is 3. The summed E-state index contributed by atoms with van der Waals surface area (Å²) in [5.41, 5.74) is 11.8. The van der Waals surface area contributed by atoms with E-state index < -0.39 is 5.91 Å². The molecule has 6 nitrogen and oxygen atoms in total. The Labute approximate surface area is 191 Å². The number of aryl methyl sites for hydroxylation is 3. The van der Waals surface area contributed by atoms with Gasteiger partial charge in [0.2, 0.25) is 5.91 Å². The molecule has 0 radical (unpaired) electrons. The topological polar surface area (TPSA) is 101 Å². The maximum atomic E-state index is 14.2. The predicted molar refractivity (Wildman–Crippen MR) is 127 cm³/mol. The lowest BCUT2D eigenvalue weighted by atomic mass is 9.97. The average molecular weight is 445 g/mol. The summed E-state index contributed by atoms with van der Waals surface area (Å²) in [6.07, 6.45) is 2.08. The van der Waals surface area contributed by atoms with E-state index in [1.54, 1.807) is 24.3 Å². The van der Waals surface area contributed by atoms with Gasteiger partial charge in [0.1, 0.15) is 11.5 Å². The van der Waals surface area contributed by atoms with E-state index in [0.717, 1.165) is 27.8 Å². The van der Waals surface area contributed by atoms with E-state index in [1.807, 2.05) is 32.9 Å². The molecule has 0 aliphatic rings. The van der Waals surface area contributed by atoms with E-state index in [0.29, 0.717) is 35.2 Å². The number of primary amides is 1. The fourth-order valence-electron chi connectivity index (χ4n) is 4.18. The minimum absolute atomic E-state index is 0.237. The summed E-state index contributed by atoms with van der Waals surface area (Å²) in [5.74, 6) is -1.15. The van der Waals surface area contributed by atoms with Crippen LogP contribution in [0.1, 0.15) is 43.2 Å². The molecule has 0 saturated carbocycles. The minimum atomic E-state index is -0.530. The van der Waals surface area contributed by atoms with Gasteiger partial charge in [-0.3, -0.25) is 14.6 Å². The van der Waals surface area contributed by atoms with E-state index >= 15 is 0 Å². The van der Waals surface area contributed by atoms with Crippen molar-refractivity contribution >= 4 is 22.7 Å². The molecule has 2 aromatic carbocycles. The van der Waals surface area contributed by atoms with Gasteiger partial charge < -0.3 is 16.0 Å². The van der Waals surface area contributed by atoms with Gasteiger partial charge in [-0.2, -0.15) is 0 Å². The lowest BCUT2D eigenvalue weighted by Gasteiger charge is -2.10. The first kappa shape index (κ1) is 22.2. The van der Waals surface area contributed by atoms with E-state index in [9.17, 15) is 14.0 Å². The molecule has 2 aromatic heterocycles. The van der Waals surface area contributed by atoms with Crippen LogP contribution in [-0.4, -0.2) is 28.3 Å². The zero-order chi connectivity index (χ0) is 23.7. The highest BCUT2D eigenvalue weighted by Gasteiger charge is 2.16. The second kappa shape index (κ2) is 8.86. The average Bonchev–Trinajstić information content (AvgIpc) is 3.13. The number of carbonyl (C=O) groups is 2. The zero-order valence-corrected chi connectivity index (χ0v) is 18.8. The Kier molecular flexibility index (Phi) is 5.96. The summed E-state index contributed by atoms with van der Waals surface area (Å²) in [5, 5.41) is 3.75. The molecule has 0 spiro atoms. The van der Waals surface area contributed by atoms with Gasteiger partial charge in [0, 0.05) is 29.4 Å². The first-order valence-electron chi connectivity index (χ1n) is 10.7. The molecule has 4 N–H and O–H groups in total. The molecular weight excluding hydrogens is 419 g/mol. The lowest BCUT2D eigenvalue weighted by molar-refractivity contribution is 0.0948. The molecule has 0 aliphatic heterocycles. The van der Waals surface area contributed by atoms with Gasteiger partial charge in [0.15, 0.2) is 0 Å². The molecule has 4 rings (SSSR count). The van der Waals surface area contributed by atoms with Crippen LogP contribution in [0, 0.1) is 26.6 Å². The molecular formula is C26H25FN4O2. The standard InChI is InChI=1S/C26H25FN4O2/c1-14-4-6-19(20(12-14)25(28)32)17-8-10-29-22(13-17)26(33)30-11-9-18-16(3)31-24-21(27)7-5-15(2)23(18)24/h4-8,10,12-13,31H,9,11H2,1-3H3,(H2,28,32)(H,30,33). The number of aromatic amines is 1. The van der Waals surface area contributed by atoms with Gasteiger partial charge in [-0.25, -0.2) is 4.39 Å². The van der Waals surface area contributed by atoms with Gasteiger partial charge in [-0.15, -0.1) is 0 Å². The zero-order valence-electron chi connectivity index (χ0n) is 18.8. The van der Waals surface area contributed by atoms with Crippen molar-refractivity contribution in [1.29, 1.82) is 0 Å². The molecule has 0 unspecified atom stereocenters. The number of benzene rings is 2. The Balaban J connectivity index is 1.52. The van der Waals surface area contributed by atoms with Crippen molar-refractivity contribution in [2.45, 2.75) is 27.2 Å². The van der Waals surface area contributed by atoms with E-state index in [4.69, 9.17) is 5.73 Å². The summed E-state index contributed by atoms with van der Waals surface area (Å²) >= 11 is 0. The van der Waals surface area contributed by atoms with Crippen molar-refractivity contribution in [3.05, 3.63) is 88.1 Å². The molecule has 168 valence electrons. The number of nitrogens with two attached hydrogens (primary N) is 1. The monoisotopic (exact) mass is 444 g/mol. The second-order valence-corrected chi connectivity index (χ2v) is 8.19. The van der Waals surface area contributed by atoms with Gasteiger partial charge in [-0.1, -0.05) is 23.8 Å². The van der Waals surface area contributed by atoms with Crippen molar-refractivity contribution < 1.29 is 14.0 Å². The number of nitrogens with zero attached hydrogens (tertiary/aromatic N) is 1. The third kappa shape index (κ3) is 4.35. The largest absolute Gasteiger partial charge is 0.366 e. The molecule has 2 heterocycles. The molecule has 0 bridgehead atoms. The smallest absolute Gasteiger partial charge is 0.269 e. The molecule has 7 heteroatoms. The van der Waals surface area contributed by atoms with Crippen molar-refractivity contribution in [2.75, 3.05) is 6.54 Å². The molecule has 33 heavy (non-hydrogen) atoms. The van der Waals surface area contributed by atoms with Crippen molar-refractivity contribution in [2.24, 2.45) is 5.73 Å². The Morgan fingerprint density at radius 3 is 2.64 bits per heavy atom. The Morgan fingerprint density at radius 1 is 1.09 bits per heavy atom. The third-order valence-electron chi connectivity index (χ3n) is 5.83. The van der Waals surface area contributed by atoms with Crippen LogP contribution in [0.2, 0.25) is 0 Å². The molecule has 0 atom stereocenters. The number of halogens is 1. The number of nitrogens with one attached hydrogen (secondary N) is 2. The van der Waals surface area contributed by atoms with Gasteiger partial charge in [0.05, 0.1) is 5.52 Å². The van der Waals surface area contributed by atoms with E-state index in [-0.39, 0.29) is 17.4 Å². The summed E-state index contributed by atoms with van der Waals surface area (Å²) in [6, 6.07) is 12.0. The van der Waals surface area contributed by atoms with Gasteiger partial charge >= 0.3 is 0 Å². The van der Waals surface area contributed by atoms with Crippen LogP contribution in [-0.2, 0) is 6.42 Å². The fourth-order valence-corrected chi connectivity index (χ4v) is 4.18. The first-order chi connectivity index (χ1) is 15.8. The van der Waals surface area contributed by atoms with Crippen molar-refractivity contribution in [3.63, 3.8) is 0 Å². The highest BCUT2D eigenvalue weighted by molar-refractivity contribution is 6.01. The Morgan fingerprint density at radius 2 is 1.88 bits per heavy atom. The van der Waals surface area contributed by atoms with Crippen LogP contribution >= 0.6 is 0 Å². The van der Waals surface area contributed by atoms with Gasteiger partial charge in [0.25, 0.3) is 5.91 Å². The maximum absolute atomic E-state index is 14.2. The van der Waals surface area contributed by atoms with Gasteiger partial charge in [-0.05, 0) is 73.7 Å². The predicted octanol–water partition coefficient (Wildman–Crippen LogP) is 4.37. The summed E-state index contributed by atoms with van der Waals surface area (Å²) in [7, 11) is 0. The molecule has 0 saturated heterocycles. The highest BCUT2D eigenvalue weighted by atomic mass is 19.1. The lowest BCUT2D eigenvalue weighted by Crippen LogP contribution is -2.26. The fraction of sp³-hybridized carbons (Fsp3) is 0.192. The van der Waals surface area contributed by atoms with Crippen LogP contribution in [0.4, 0.5) is 4.39 Å². The van der Waals surface area contributed by atoms with Crippen LogP contribution in [0.5, 0.6) is 0 Å². The van der Waals surface area contributed by atoms with Crippen molar-refractivity contribution in [1.82, 2.24) is 15.3 Å². The summed E-state index contributed by atoms with van der Waals surface area (Å²) < 4.78 is 14.2. The maximum Gasteiger partial charge on any atom is 0.269 e.